The molecule has 1 aromatic carbocycles. The first kappa shape index (κ1) is 15.4. The van der Waals surface area contributed by atoms with E-state index in [1.165, 1.54) is 13.2 Å². The third-order valence-corrected chi connectivity index (χ3v) is 4.19. The number of hydrogen-bond donors (Lipinski definition) is 1. The predicted molar refractivity (Wildman–Crippen MR) is 76.3 cm³/mol. The van der Waals surface area contributed by atoms with E-state index in [1.54, 1.807) is 18.4 Å². The van der Waals surface area contributed by atoms with Crippen molar-refractivity contribution in [1.82, 2.24) is 0 Å². The van der Waals surface area contributed by atoms with Crippen LogP contribution >= 0.6 is 0 Å². The Kier molecular flexibility index (Phi) is 5.75. The quantitative estimate of drug-likeness (QED) is 0.613. The van der Waals surface area contributed by atoms with Gasteiger partial charge in [0, 0.05) is 46.7 Å². The van der Waals surface area contributed by atoms with Gasteiger partial charge in [0.25, 0.3) is 0 Å². The lowest BCUT2D eigenvalue weighted by molar-refractivity contribution is -0.385. The normalized spacial score (nSPS) is 13.6. The van der Waals surface area contributed by atoms with Crippen molar-refractivity contribution in [2.24, 2.45) is 0 Å². The summed E-state index contributed by atoms with van der Waals surface area (Å²) in [5.74, 6) is 0.224. The van der Waals surface area contributed by atoms with Crippen LogP contribution in [0.4, 0.5) is 11.4 Å². The topological polar surface area (TPSA) is 81.5 Å². The van der Waals surface area contributed by atoms with Gasteiger partial charge in [-0.25, -0.2) is 0 Å². The van der Waals surface area contributed by atoms with E-state index in [0.29, 0.717) is 6.54 Å². The second-order valence-corrected chi connectivity index (χ2v) is 5.97. The Morgan fingerprint density at radius 1 is 1.53 bits per heavy atom. The molecule has 1 rings (SSSR count). The molecule has 19 heavy (non-hydrogen) atoms. The Labute approximate surface area is 114 Å². The van der Waals surface area contributed by atoms with Crippen LogP contribution in [0.15, 0.2) is 18.2 Å². The standard InChI is InChI=1S/C12H18N2O4S/c1-9(19(3)17)6-7-13-10-4-5-11(14(15)16)12(8-10)18-2/h4-5,8-9,13H,6-7H2,1-3H3. The Morgan fingerprint density at radius 3 is 2.74 bits per heavy atom. The zero-order valence-electron chi connectivity index (χ0n) is 11.2. The van der Waals surface area contributed by atoms with Gasteiger partial charge in [-0.05, 0) is 12.5 Å². The first-order valence-electron chi connectivity index (χ1n) is 5.84. The predicted octanol–water partition coefficient (Wildman–Crippen LogP) is 2.17. The minimum Gasteiger partial charge on any atom is -0.490 e. The van der Waals surface area contributed by atoms with Gasteiger partial charge in [-0.3, -0.25) is 14.3 Å². The molecule has 0 spiro atoms. The molecule has 0 radical (unpaired) electrons. The lowest BCUT2D eigenvalue weighted by Crippen LogP contribution is -2.14. The minimum absolute atomic E-state index is 0.0592. The molecular weight excluding hydrogens is 268 g/mol. The summed E-state index contributed by atoms with van der Waals surface area (Å²) in [5.41, 5.74) is 0.688. The summed E-state index contributed by atoms with van der Waals surface area (Å²) in [6.07, 6.45) is 2.45. The average Bonchev–Trinajstić information content (AvgIpc) is 2.37. The summed E-state index contributed by atoms with van der Waals surface area (Å²) >= 11 is 0. The van der Waals surface area contributed by atoms with Crippen molar-refractivity contribution in [2.45, 2.75) is 18.6 Å². The van der Waals surface area contributed by atoms with Gasteiger partial charge in [-0.15, -0.1) is 0 Å². The summed E-state index contributed by atoms with van der Waals surface area (Å²) in [6, 6.07) is 4.63. The molecule has 0 aliphatic carbocycles. The van der Waals surface area contributed by atoms with E-state index in [9.17, 15) is 14.3 Å². The highest BCUT2D eigenvalue weighted by atomic mass is 32.2. The van der Waals surface area contributed by atoms with E-state index in [4.69, 9.17) is 4.74 Å². The summed E-state index contributed by atoms with van der Waals surface area (Å²) in [6.45, 7) is 2.58. The summed E-state index contributed by atoms with van der Waals surface area (Å²) in [4.78, 5) is 10.3. The van der Waals surface area contributed by atoms with Gasteiger partial charge < -0.3 is 10.1 Å². The van der Waals surface area contributed by atoms with E-state index in [1.807, 2.05) is 6.92 Å². The summed E-state index contributed by atoms with van der Waals surface area (Å²) < 4.78 is 16.2. The van der Waals surface area contributed by atoms with Crippen LogP contribution in [-0.2, 0) is 10.8 Å². The Bertz CT molecular complexity index is 479. The molecule has 0 bridgehead atoms. The van der Waals surface area contributed by atoms with E-state index >= 15 is 0 Å². The molecule has 0 aliphatic rings. The molecule has 6 nitrogen and oxygen atoms in total. The maximum absolute atomic E-state index is 11.2. The minimum atomic E-state index is -0.838. The van der Waals surface area contributed by atoms with Crippen molar-refractivity contribution in [1.29, 1.82) is 0 Å². The van der Waals surface area contributed by atoms with Crippen LogP contribution in [0.25, 0.3) is 0 Å². The van der Waals surface area contributed by atoms with Gasteiger partial charge in [0.05, 0.1) is 12.0 Å². The lowest BCUT2D eigenvalue weighted by atomic mass is 10.2. The number of nitrogens with one attached hydrogen (secondary N) is 1. The Hall–Kier alpha value is -1.63. The molecule has 0 amide bonds. The number of hydrogen-bond acceptors (Lipinski definition) is 5. The molecule has 7 heteroatoms. The number of benzene rings is 1. The fourth-order valence-electron chi connectivity index (χ4n) is 1.52. The van der Waals surface area contributed by atoms with Crippen LogP contribution in [-0.4, -0.2) is 34.3 Å². The third-order valence-electron chi connectivity index (χ3n) is 2.82. The van der Waals surface area contributed by atoms with E-state index in [-0.39, 0.29) is 16.7 Å². The Balaban J connectivity index is 2.65. The van der Waals surface area contributed by atoms with Crippen LogP contribution in [0, 0.1) is 10.1 Å². The molecule has 1 N–H and O–H groups in total. The molecule has 0 aromatic heterocycles. The van der Waals surface area contributed by atoms with Crippen LogP contribution in [0.3, 0.4) is 0 Å². The van der Waals surface area contributed by atoms with Gasteiger partial charge in [0.15, 0.2) is 5.75 Å². The Morgan fingerprint density at radius 2 is 2.21 bits per heavy atom. The average molecular weight is 286 g/mol. The van der Waals surface area contributed by atoms with Crippen molar-refractivity contribution in [3.63, 3.8) is 0 Å². The first-order valence-corrected chi connectivity index (χ1v) is 7.46. The number of nitro benzene ring substituents is 1. The van der Waals surface area contributed by atoms with E-state index in [0.717, 1.165) is 12.1 Å². The number of anilines is 1. The van der Waals surface area contributed by atoms with Gasteiger partial charge in [-0.1, -0.05) is 6.92 Å². The molecular formula is C12H18N2O4S. The molecule has 2 unspecified atom stereocenters. The van der Waals surface area contributed by atoms with Crippen LogP contribution in [0.2, 0.25) is 0 Å². The highest BCUT2D eigenvalue weighted by molar-refractivity contribution is 7.84. The molecule has 1 aromatic rings. The van der Waals surface area contributed by atoms with Gasteiger partial charge in [0.2, 0.25) is 0 Å². The molecule has 0 saturated carbocycles. The number of methoxy groups -OCH3 is 1. The zero-order valence-corrected chi connectivity index (χ0v) is 12.0. The highest BCUT2D eigenvalue weighted by Gasteiger charge is 2.14. The van der Waals surface area contributed by atoms with E-state index < -0.39 is 15.7 Å². The van der Waals surface area contributed by atoms with E-state index in [2.05, 4.69) is 5.32 Å². The second-order valence-electron chi connectivity index (χ2n) is 4.17. The molecule has 0 heterocycles. The smallest absolute Gasteiger partial charge is 0.311 e. The molecule has 0 saturated heterocycles. The second kappa shape index (κ2) is 7.08. The fraction of sp³-hybridized carbons (Fsp3) is 0.500. The highest BCUT2D eigenvalue weighted by Crippen LogP contribution is 2.29. The number of rotatable bonds is 7. The number of nitro groups is 1. The summed E-state index contributed by atoms with van der Waals surface area (Å²) in [7, 11) is 0.559. The molecule has 106 valence electrons. The molecule has 0 aliphatic heterocycles. The van der Waals surface area contributed by atoms with Crippen molar-refractivity contribution in [2.75, 3.05) is 25.2 Å². The SMILES string of the molecule is COc1cc(NCCC(C)S(C)=O)ccc1[N+](=O)[O-]. The molecule has 2 atom stereocenters. The van der Waals surface area contributed by atoms with Gasteiger partial charge in [0.1, 0.15) is 0 Å². The summed E-state index contributed by atoms with van der Waals surface area (Å²) in [5, 5.41) is 14.0. The lowest BCUT2D eigenvalue weighted by Gasteiger charge is -2.11. The monoisotopic (exact) mass is 286 g/mol. The number of ether oxygens (including phenoxy) is 1. The van der Waals surface area contributed by atoms with Crippen molar-refractivity contribution in [3.05, 3.63) is 28.3 Å². The van der Waals surface area contributed by atoms with Crippen LogP contribution in [0.1, 0.15) is 13.3 Å². The molecule has 0 fully saturated rings. The number of nitrogens with zero attached hydrogens (tertiary/aromatic N) is 1. The van der Waals surface area contributed by atoms with Crippen molar-refractivity contribution in [3.8, 4) is 5.75 Å². The zero-order chi connectivity index (χ0) is 14.4. The van der Waals surface area contributed by atoms with Gasteiger partial charge in [-0.2, -0.15) is 0 Å². The maximum Gasteiger partial charge on any atom is 0.311 e. The van der Waals surface area contributed by atoms with Crippen molar-refractivity contribution >= 4 is 22.2 Å². The van der Waals surface area contributed by atoms with Crippen LogP contribution in [0.5, 0.6) is 5.75 Å². The maximum atomic E-state index is 11.2. The largest absolute Gasteiger partial charge is 0.490 e. The first-order chi connectivity index (χ1) is 8.95. The fourth-order valence-corrected chi connectivity index (χ4v) is 1.97. The van der Waals surface area contributed by atoms with Crippen molar-refractivity contribution < 1.29 is 13.9 Å². The van der Waals surface area contributed by atoms with Gasteiger partial charge >= 0.3 is 5.69 Å². The third kappa shape index (κ3) is 4.51. The van der Waals surface area contributed by atoms with Crippen LogP contribution < -0.4 is 10.1 Å².